The fourth-order valence-electron chi connectivity index (χ4n) is 4.05. The van der Waals surface area contributed by atoms with E-state index in [1.54, 1.807) is 11.0 Å². The third kappa shape index (κ3) is 3.12. The Kier molecular flexibility index (Phi) is 4.25. The van der Waals surface area contributed by atoms with Crippen molar-refractivity contribution in [3.8, 4) is 0 Å². The van der Waals surface area contributed by atoms with Gasteiger partial charge in [-0.05, 0) is 37.5 Å². The number of nitrogens with zero attached hydrogens (tertiary/aromatic N) is 2. The maximum atomic E-state index is 13.2. The van der Waals surface area contributed by atoms with Crippen molar-refractivity contribution in [1.82, 2.24) is 15.1 Å². The van der Waals surface area contributed by atoms with Gasteiger partial charge in [0, 0.05) is 25.1 Å². The van der Waals surface area contributed by atoms with Gasteiger partial charge in [-0.15, -0.1) is 0 Å². The van der Waals surface area contributed by atoms with Gasteiger partial charge in [-0.25, -0.2) is 0 Å². The van der Waals surface area contributed by atoms with Crippen molar-refractivity contribution in [2.24, 2.45) is 0 Å². The minimum Gasteiger partial charge on any atom is -0.369 e. The highest BCUT2D eigenvalue weighted by atomic mass is 19.4. The number of amides is 1. The molecule has 1 aromatic heterocycles. The molecule has 27 heavy (non-hydrogen) atoms. The van der Waals surface area contributed by atoms with E-state index in [2.05, 4.69) is 10.2 Å². The second-order valence-electron chi connectivity index (χ2n) is 7.18. The summed E-state index contributed by atoms with van der Waals surface area (Å²) < 4.78 is 45.4. The summed E-state index contributed by atoms with van der Waals surface area (Å²) in [6.45, 7) is 4.23. The van der Waals surface area contributed by atoms with Gasteiger partial charge in [0.1, 0.15) is 0 Å². The number of rotatable bonds is 1. The molecule has 3 heterocycles. The van der Waals surface area contributed by atoms with Gasteiger partial charge in [-0.2, -0.15) is 18.3 Å². The predicted octanol–water partition coefficient (Wildman–Crippen LogP) is 3.65. The Bertz CT molecular complexity index is 891. The second kappa shape index (κ2) is 6.37. The summed E-state index contributed by atoms with van der Waals surface area (Å²) in [7, 11) is 0. The van der Waals surface area contributed by atoms with Crippen LogP contribution < -0.4 is 0 Å². The first kappa shape index (κ1) is 18.0. The molecule has 0 saturated carbocycles. The van der Waals surface area contributed by atoms with Gasteiger partial charge in [-0.1, -0.05) is 12.1 Å². The highest BCUT2D eigenvalue weighted by molar-refractivity contribution is 5.94. The highest BCUT2D eigenvalue weighted by Gasteiger charge is 2.37. The van der Waals surface area contributed by atoms with E-state index >= 15 is 0 Å². The summed E-state index contributed by atoms with van der Waals surface area (Å²) >= 11 is 0. The van der Waals surface area contributed by atoms with Gasteiger partial charge in [-0.3, -0.25) is 9.89 Å². The molecule has 4 rings (SSSR count). The molecule has 0 radical (unpaired) electrons. The zero-order valence-corrected chi connectivity index (χ0v) is 15.1. The van der Waals surface area contributed by atoms with E-state index < -0.39 is 11.7 Å². The second-order valence-corrected chi connectivity index (χ2v) is 7.18. The number of halogens is 3. The number of hydrogen-bond donors (Lipinski definition) is 1. The van der Waals surface area contributed by atoms with Gasteiger partial charge in [0.25, 0.3) is 5.91 Å². The zero-order valence-electron chi connectivity index (χ0n) is 15.1. The number of carbonyl (C=O) groups is 1. The number of carbonyl (C=O) groups excluding carboxylic acids is 1. The zero-order chi connectivity index (χ0) is 19.3. The summed E-state index contributed by atoms with van der Waals surface area (Å²) in [4.78, 5) is 14.6. The van der Waals surface area contributed by atoms with Crippen LogP contribution in [0.4, 0.5) is 13.2 Å². The Balaban J connectivity index is 1.62. The molecule has 8 heteroatoms. The van der Waals surface area contributed by atoms with E-state index in [0.717, 1.165) is 17.3 Å². The molecule has 1 N–H and O–H groups in total. The van der Waals surface area contributed by atoms with E-state index in [0.29, 0.717) is 17.7 Å². The van der Waals surface area contributed by atoms with Crippen LogP contribution in [0, 0.1) is 0 Å². The lowest BCUT2D eigenvalue weighted by Gasteiger charge is -2.31. The van der Waals surface area contributed by atoms with Gasteiger partial charge >= 0.3 is 6.18 Å². The number of ether oxygens (including phenoxy) is 1. The smallest absolute Gasteiger partial charge is 0.369 e. The standard InChI is InChI=1S/C19H20F3N3O2/c1-10-8-14-16(11(2)27-10)23-24-17(14)18(26)25-7-6-13-12(9-25)4-3-5-15(13)19(20,21)22/h3-5,10-11H,6-9H2,1-2H3,(H,23,24)/t10-,11+/m1/s1. The molecule has 2 aliphatic heterocycles. The molecule has 2 aromatic rings. The normalized spacial score (nSPS) is 22.3. The van der Waals surface area contributed by atoms with Crippen LogP contribution in [0.15, 0.2) is 18.2 Å². The Morgan fingerprint density at radius 3 is 2.81 bits per heavy atom. The molecular formula is C19H20F3N3O2. The number of H-pyrrole nitrogens is 1. The monoisotopic (exact) mass is 379 g/mol. The van der Waals surface area contributed by atoms with Crippen LogP contribution in [0.5, 0.6) is 0 Å². The SMILES string of the molecule is C[C@@H]1Cc2c(C(=O)N3CCc4c(cccc4C(F)(F)F)C3)n[nH]c2[C@H](C)O1. The van der Waals surface area contributed by atoms with Crippen LogP contribution in [0.3, 0.4) is 0 Å². The van der Waals surface area contributed by atoms with E-state index in [1.165, 1.54) is 6.07 Å². The van der Waals surface area contributed by atoms with Crippen molar-refractivity contribution in [2.45, 2.75) is 51.6 Å². The minimum absolute atomic E-state index is 0.0203. The van der Waals surface area contributed by atoms with Crippen LogP contribution in [0.25, 0.3) is 0 Å². The lowest BCUT2D eigenvalue weighted by molar-refractivity contribution is -0.138. The molecule has 5 nitrogen and oxygen atoms in total. The molecule has 2 atom stereocenters. The quantitative estimate of drug-likeness (QED) is 0.823. The summed E-state index contributed by atoms with van der Waals surface area (Å²) in [5, 5.41) is 7.09. The van der Waals surface area contributed by atoms with E-state index in [-0.39, 0.29) is 43.2 Å². The Morgan fingerprint density at radius 1 is 1.30 bits per heavy atom. The minimum atomic E-state index is -4.38. The third-order valence-corrected chi connectivity index (χ3v) is 5.29. The van der Waals surface area contributed by atoms with Crippen LogP contribution in [-0.4, -0.2) is 33.7 Å². The molecule has 144 valence electrons. The first-order valence-electron chi connectivity index (χ1n) is 8.95. The molecule has 1 aromatic carbocycles. The van der Waals surface area contributed by atoms with E-state index in [4.69, 9.17) is 4.74 Å². The summed E-state index contributed by atoms with van der Waals surface area (Å²) in [6.07, 6.45) is -3.81. The Hall–Kier alpha value is -2.35. The van der Waals surface area contributed by atoms with Crippen LogP contribution in [0.1, 0.15) is 58.4 Å². The fraction of sp³-hybridized carbons (Fsp3) is 0.474. The number of alkyl halides is 3. The van der Waals surface area contributed by atoms with Crippen molar-refractivity contribution >= 4 is 5.91 Å². The van der Waals surface area contributed by atoms with Crippen LogP contribution in [0.2, 0.25) is 0 Å². The first-order valence-corrected chi connectivity index (χ1v) is 8.95. The highest BCUT2D eigenvalue weighted by Crippen LogP contribution is 2.36. The topological polar surface area (TPSA) is 58.2 Å². The maximum absolute atomic E-state index is 13.2. The number of aromatic nitrogens is 2. The van der Waals surface area contributed by atoms with Crippen molar-refractivity contribution in [3.05, 3.63) is 51.8 Å². The van der Waals surface area contributed by atoms with Crippen LogP contribution in [-0.2, 0) is 30.3 Å². The third-order valence-electron chi connectivity index (χ3n) is 5.29. The number of aromatic amines is 1. The van der Waals surface area contributed by atoms with Crippen molar-refractivity contribution in [1.29, 1.82) is 0 Å². The number of hydrogen-bond acceptors (Lipinski definition) is 3. The van der Waals surface area contributed by atoms with E-state index in [1.807, 2.05) is 13.8 Å². The number of fused-ring (bicyclic) bond motifs is 2. The molecule has 1 amide bonds. The summed E-state index contributed by atoms with van der Waals surface area (Å²) in [5.41, 5.74) is 2.22. The van der Waals surface area contributed by atoms with Gasteiger partial charge in [0.15, 0.2) is 5.69 Å². The average molecular weight is 379 g/mol. The molecule has 0 unspecified atom stereocenters. The predicted molar refractivity (Wildman–Crippen MR) is 91.1 cm³/mol. The largest absolute Gasteiger partial charge is 0.416 e. The van der Waals surface area contributed by atoms with Crippen molar-refractivity contribution < 1.29 is 22.7 Å². The molecule has 0 saturated heterocycles. The number of benzene rings is 1. The molecule has 0 spiro atoms. The molecule has 0 aliphatic carbocycles. The number of nitrogens with one attached hydrogen (secondary N) is 1. The van der Waals surface area contributed by atoms with Gasteiger partial charge < -0.3 is 9.64 Å². The van der Waals surface area contributed by atoms with Gasteiger partial charge in [0.2, 0.25) is 0 Å². The summed E-state index contributed by atoms with van der Waals surface area (Å²) in [6, 6.07) is 4.15. The van der Waals surface area contributed by atoms with E-state index in [9.17, 15) is 18.0 Å². The first-order chi connectivity index (χ1) is 12.8. The molecule has 2 aliphatic rings. The van der Waals surface area contributed by atoms with Crippen molar-refractivity contribution in [2.75, 3.05) is 6.54 Å². The van der Waals surface area contributed by atoms with Crippen molar-refractivity contribution in [3.63, 3.8) is 0 Å². The fourth-order valence-corrected chi connectivity index (χ4v) is 4.05. The molecule has 0 fully saturated rings. The lowest BCUT2D eigenvalue weighted by Crippen LogP contribution is -2.37. The average Bonchev–Trinajstić information content (AvgIpc) is 3.03. The van der Waals surface area contributed by atoms with Crippen LogP contribution >= 0.6 is 0 Å². The summed E-state index contributed by atoms with van der Waals surface area (Å²) in [5.74, 6) is -0.253. The Morgan fingerprint density at radius 2 is 2.07 bits per heavy atom. The van der Waals surface area contributed by atoms with Gasteiger partial charge in [0.05, 0.1) is 23.5 Å². The maximum Gasteiger partial charge on any atom is 0.416 e. The Labute approximate surface area is 154 Å². The lowest BCUT2D eigenvalue weighted by atomic mass is 9.93. The molecule has 0 bridgehead atoms. The molecular weight excluding hydrogens is 359 g/mol.